The van der Waals surface area contributed by atoms with Gasteiger partial charge in [-0.25, -0.2) is 0 Å². The Balaban J connectivity index is 1.98. The molecule has 0 spiro atoms. The largest absolute Gasteiger partial charge is 0.486 e. The van der Waals surface area contributed by atoms with Gasteiger partial charge in [-0.3, -0.25) is 0 Å². The topological polar surface area (TPSA) is 67.6 Å². The predicted octanol–water partition coefficient (Wildman–Crippen LogP) is 7.92. The smallest absolute Gasteiger partial charge is 0.261 e. The zero-order valence-corrected chi connectivity index (χ0v) is 17.0. The lowest BCUT2D eigenvalue weighted by Gasteiger charge is -2.24. The summed E-state index contributed by atoms with van der Waals surface area (Å²) in [5.74, 6) is -4.86. The molecule has 122 valence electrons. The van der Waals surface area contributed by atoms with Gasteiger partial charge in [0.15, 0.2) is 11.5 Å². The van der Waals surface area contributed by atoms with Crippen molar-refractivity contribution in [2.24, 2.45) is 13.5 Å². The van der Waals surface area contributed by atoms with E-state index in [4.69, 9.17) is 65.7 Å². The van der Waals surface area contributed by atoms with Crippen LogP contribution in [0.15, 0.2) is 31.7 Å². The first-order valence-electron chi connectivity index (χ1n) is 5.74. The Morgan fingerprint density at radius 2 is 1.50 bits per heavy atom. The standard InChI is InChI=1S/C8H8Cl5N4O2P3/c9-20(10)15-21(11,12)17-22(13,16-20)14-6-1-2-7-8(5-6)19-4-3-18-7/h1-2,5,14H,3-4H2. The normalized spacial score (nSPS) is 27.9. The maximum atomic E-state index is 6.41. The average Bonchev–Trinajstić information content (AvgIpc) is 2.33. The maximum Gasteiger partial charge on any atom is 0.261 e. The number of ether oxygens (including phenoxy) is 2. The van der Waals surface area contributed by atoms with Gasteiger partial charge in [0.05, 0.1) is 0 Å². The quantitative estimate of drug-likeness (QED) is 0.454. The van der Waals surface area contributed by atoms with E-state index in [1.54, 1.807) is 18.2 Å². The summed E-state index contributed by atoms with van der Waals surface area (Å²) in [6, 6.07) is 5.22. The molecular formula is C8H8Cl5N4O2P3. The summed E-state index contributed by atoms with van der Waals surface area (Å²) in [6.07, 6.45) is 0. The number of rotatable bonds is 2. The lowest BCUT2D eigenvalue weighted by Crippen LogP contribution is -2.15. The number of benzene rings is 1. The second-order valence-corrected chi connectivity index (χ2v) is 17.5. The molecule has 0 aliphatic carbocycles. The molecule has 0 fully saturated rings. The summed E-state index contributed by atoms with van der Waals surface area (Å²) in [5.41, 5.74) is 0.614. The van der Waals surface area contributed by atoms with Crippen LogP contribution in [0.5, 0.6) is 11.5 Å². The van der Waals surface area contributed by atoms with Crippen molar-refractivity contribution in [3.63, 3.8) is 0 Å². The summed E-state index contributed by atoms with van der Waals surface area (Å²) >= 11 is 30.5. The average molecular weight is 462 g/mol. The Kier molecular flexibility index (Phi) is 4.99. The van der Waals surface area contributed by atoms with Crippen molar-refractivity contribution in [2.45, 2.75) is 0 Å². The summed E-state index contributed by atoms with van der Waals surface area (Å²) in [5, 5.41) is 2.98. The Morgan fingerprint density at radius 1 is 0.864 bits per heavy atom. The van der Waals surface area contributed by atoms with Crippen molar-refractivity contribution in [1.82, 2.24) is 0 Å². The molecule has 2 aliphatic rings. The van der Waals surface area contributed by atoms with Gasteiger partial charge in [0.2, 0.25) is 0 Å². The van der Waals surface area contributed by atoms with Crippen LogP contribution in [0, 0.1) is 0 Å². The molecule has 0 amide bonds. The van der Waals surface area contributed by atoms with Gasteiger partial charge in [0, 0.05) is 11.8 Å². The lowest BCUT2D eigenvalue weighted by atomic mass is 10.3. The third-order valence-electron chi connectivity index (χ3n) is 2.48. The molecule has 14 heteroatoms. The highest BCUT2D eigenvalue weighted by atomic mass is 35.9. The zero-order chi connectivity index (χ0) is 16.0. The molecule has 1 unspecified atom stereocenters. The lowest BCUT2D eigenvalue weighted by molar-refractivity contribution is 0.171. The highest BCUT2D eigenvalue weighted by Gasteiger charge is 2.32. The number of anilines is 1. The van der Waals surface area contributed by atoms with Gasteiger partial charge >= 0.3 is 0 Å². The van der Waals surface area contributed by atoms with Crippen molar-refractivity contribution in [3.05, 3.63) is 18.2 Å². The first-order valence-corrected chi connectivity index (χ1v) is 15.4. The highest BCUT2D eigenvalue weighted by Crippen LogP contribution is 2.86. The molecule has 2 heterocycles. The van der Waals surface area contributed by atoms with Crippen LogP contribution >= 0.6 is 74.7 Å². The van der Waals surface area contributed by atoms with Gasteiger partial charge < -0.3 is 14.6 Å². The molecule has 6 nitrogen and oxygen atoms in total. The van der Waals surface area contributed by atoms with E-state index in [1.165, 1.54) is 0 Å². The van der Waals surface area contributed by atoms with Gasteiger partial charge in [-0.05, 0) is 68.3 Å². The van der Waals surface area contributed by atoms with Crippen molar-refractivity contribution in [1.29, 1.82) is 0 Å². The van der Waals surface area contributed by atoms with E-state index in [1.807, 2.05) is 0 Å². The molecular weight excluding hydrogens is 454 g/mol. The number of hydrogen-bond acceptors (Lipinski definition) is 6. The monoisotopic (exact) mass is 460 g/mol. The van der Waals surface area contributed by atoms with E-state index in [0.29, 0.717) is 30.4 Å². The Hall–Kier alpha value is 0.760. The predicted molar refractivity (Wildman–Crippen MR) is 98.4 cm³/mol. The van der Waals surface area contributed by atoms with Crippen LogP contribution in [0.4, 0.5) is 5.69 Å². The maximum absolute atomic E-state index is 6.41. The molecule has 1 aromatic carbocycles. The number of fused-ring (bicyclic) bond motifs is 1. The molecule has 3 rings (SSSR count). The summed E-state index contributed by atoms with van der Waals surface area (Å²) < 4.78 is 23.0. The Labute approximate surface area is 151 Å². The van der Waals surface area contributed by atoms with Crippen LogP contribution in [0.1, 0.15) is 0 Å². The molecule has 0 aromatic heterocycles. The SMILES string of the molecule is ClP1(Cl)=NP(Cl)(Cl)=NP(Cl)(Nc2ccc3c(c2)OCCO3)=N1. The van der Waals surface area contributed by atoms with Crippen molar-refractivity contribution < 1.29 is 9.47 Å². The van der Waals surface area contributed by atoms with Crippen LogP contribution in [-0.4, -0.2) is 13.2 Å². The van der Waals surface area contributed by atoms with Gasteiger partial charge in [-0.2, -0.15) is 13.5 Å². The first-order chi connectivity index (χ1) is 10.2. The minimum atomic E-state index is -3.05. The van der Waals surface area contributed by atoms with Crippen LogP contribution in [0.25, 0.3) is 0 Å². The van der Waals surface area contributed by atoms with E-state index in [0.717, 1.165) is 0 Å². The van der Waals surface area contributed by atoms with Gasteiger partial charge in [0.1, 0.15) is 13.2 Å². The Morgan fingerprint density at radius 3 is 2.18 bits per heavy atom. The van der Waals surface area contributed by atoms with Crippen LogP contribution in [-0.2, 0) is 0 Å². The third kappa shape index (κ3) is 4.23. The Bertz CT molecular complexity index is 780. The van der Waals surface area contributed by atoms with E-state index in [9.17, 15) is 0 Å². The van der Waals surface area contributed by atoms with E-state index >= 15 is 0 Å². The second kappa shape index (κ2) is 6.24. The van der Waals surface area contributed by atoms with E-state index in [2.05, 4.69) is 18.6 Å². The molecule has 1 atom stereocenters. The fourth-order valence-corrected chi connectivity index (χ4v) is 18.9. The zero-order valence-electron chi connectivity index (χ0n) is 10.5. The second-order valence-electron chi connectivity index (χ2n) is 4.18. The summed E-state index contributed by atoms with van der Waals surface area (Å²) in [4.78, 5) is 0. The van der Waals surface area contributed by atoms with Gasteiger partial charge in [-0.15, -0.1) is 0 Å². The highest BCUT2D eigenvalue weighted by molar-refractivity contribution is 8.22. The third-order valence-corrected chi connectivity index (χ3v) is 14.7. The molecule has 22 heavy (non-hydrogen) atoms. The molecule has 0 saturated carbocycles. The van der Waals surface area contributed by atoms with Gasteiger partial charge in [-0.1, -0.05) is 0 Å². The fourth-order valence-electron chi connectivity index (χ4n) is 1.79. The van der Waals surface area contributed by atoms with Gasteiger partial charge in [0.25, 0.3) is 18.5 Å². The molecule has 0 radical (unpaired) electrons. The number of nitrogens with one attached hydrogen (secondary N) is 1. The van der Waals surface area contributed by atoms with Crippen molar-refractivity contribution in [2.75, 3.05) is 18.3 Å². The number of nitrogens with zero attached hydrogens (tertiary/aromatic N) is 3. The number of halogens is 5. The van der Waals surface area contributed by atoms with Crippen LogP contribution < -0.4 is 14.6 Å². The fraction of sp³-hybridized carbons (Fsp3) is 0.250. The van der Waals surface area contributed by atoms with E-state index in [-0.39, 0.29) is 0 Å². The molecule has 0 bridgehead atoms. The molecule has 1 aromatic rings. The number of hydrogen-bond donors (Lipinski definition) is 1. The minimum Gasteiger partial charge on any atom is -0.486 e. The van der Waals surface area contributed by atoms with Crippen LogP contribution in [0.3, 0.4) is 0 Å². The summed E-state index contributed by atoms with van der Waals surface area (Å²) in [7, 11) is 0. The molecule has 1 N–H and O–H groups in total. The van der Waals surface area contributed by atoms with Crippen molar-refractivity contribution >= 4 is 80.4 Å². The van der Waals surface area contributed by atoms with E-state index < -0.39 is 18.5 Å². The first kappa shape index (κ1) is 17.6. The van der Waals surface area contributed by atoms with Crippen LogP contribution in [0.2, 0.25) is 0 Å². The molecule has 2 aliphatic heterocycles. The minimum absolute atomic E-state index is 0.473. The molecule has 0 saturated heterocycles. The summed E-state index contributed by atoms with van der Waals surface area (Å²) in [6.45, 7) is -2.03. The van der Waals surface area contributed by atoms with Crippen molar-refractivity contribution in [3.8, 4) is 11.5 Å².